The lowest BCUT2D eigenvalue weighted by Gasteiger charge is -2.56. The minimum Gasteiger partial charge on any atom is -0.353 e. The van der Waals surface area contributed by atoms with Gasteiger partial charge in [0.2, 0.25) is 0 Å². The third-order valence-corrected chi connectivity index (χ3v) is 4.91. The first-order valence-corrected chi connectivity index (χ1v) is 8.01. The molecule has 116 valence electrons. The maximum Gasteiger partial charge on any atom is 0.132 e. The van der Waals surface area contributed by atoms with E-state index in [4.69, 9.17) is 5.26 Å². The third-order valence-electron chi connectivity index (χ3n) is 4.91. The Balaban J connectivity index is 1.42. The highest BCUT2D eigenvalue weighted by molar-refractivity contribution is 5.41. The largest absolute Gasteiger partial charge is 0.353 e. The quantitative estimate of drug-likeness (QED) is 0.869. The SMILES string of the molecule is Cc1cc(N2CC3CC(C2)N3Cc2ccc(C#N)cc2)ncn1. The zero-order valence-electron chi connectivity index (χ0n) is 13.2. The van der Waals surface area contributed by atoms with E-state index in [0.717, 1.165) is 36.7 Å². The second-order valence-electron chi connectivity index (χ2n) is 6.45. The summed E-state index contributed by atoms with van der Waals surface area (Å²) in [7, 11) is 0. The molecule has 2 aromatic rings. The summed E-state index contributed by atoms with van der Waals surface area (Å²) >= 11 is 0. The van der Waals surface area contributed by atoms with Crippen molar-refractivity contribution in [3.05, 3.63) is 53.5 Å². The number of piperazine rings is 1. The molecule has 2 atom stereocenters. The van der Waals surface area contributed by atoms with E-state index in [-0.39, 0.29) is 0 Å². The zero-order valence-corrected chi connectivity index (χ0v) is 13.2. The van der Waals surface area contributed by atoms with Crippen LogP contribution in [0.25, 0.3) is 0 Å². The highest BCUT2D eigenvalue weighted by Gasteiger charge is 2.44. The number of benzene rings is 1. The molecule has 0 aliphatic carbocycles. The lowest BCUT2D eigenvalue weighted by atomic mass is 9.86. The summed E-state index contributed by atoms with van der Waals surface area (Å²) in [5.41, 5.74) is 3.02. The van der Waals surface area contributed by atoms with Crippen LogP contribution in [0.1, 0.15) is 23.2 Å². The fourth-order valence-electron chi connectivity index (χ4n) is 3.64. The van der Waals surface area contributed by atoms with Crippen molar-refractivity contribution in [3.8, 4) is 6.07 Å². The minimum atomic E-state index is 0.597. The van der Waals surface area contributed by atoms with Crippen LogP contribution >= 0.6 is 0 Å². The number of aryl methyl sites for hydroxylation is 1. The number of fused-ring (bicyclic) bond motifs is 2. The molecule has 5 heteroatoms. The van der Waals surface area contributed by atoms with Gasteiger partial charge in [0.25, 0.3) is 0 Å². The van der Waals surface area contributed by atoms with Gasteiger partial charge in [0.05, 0.1) is 11.6 Å². The highest BCUT2D eigenvalue weighted by atomic mass is 15.4. The van der Waals surface area contributed by atoms with Gasteiger partial charge >= 0.3 is 0 Å². The van der Waals surface area contributed by atoms with Gasteiger partial charge in [-0.2, -0.15) is 5.26 Å². The average molecular weight is 305 g/mol. The van der Waals surface area contributed by atoms with Gasteiger partial charge in [-0.1, -0.05) is 12.1 Å². The Labute approximate surface area is 136 Å². The molecule has 0 radical (unpaired) electrons. The number of nitrogens with zero attached hydrogens (tertiary/aromatic N) is 5. The Bertz CT molecular complexity index is 737. The zero-order chi connectivity index (χ0) is 15.8. The molecule has 0 saturated carbocycles. The fourth-order valence-corrected chi connectivity index (χ4v) is 3.64. The summed E-state index contributed by atoms with van der Waals surface area (Å²) < 4.78 is 0. The minimum absolute atomic E-state index is 0.597. The standard InChI is InChI=1S/C18H19N5/c1-13-6-18(21-12-20-13)22-10-16-7-17(11-22)23(16)9-15-4-2-14(8-19)3-5-15/h2-6,12,16-17H,7,9-11H2,1H3. The van der Waals surface area contributed by atoms with Crippen LogP contribution in [0, 0.1) is 18.3 Å². The summed E-state index contributed by atoms with van der Waals surface area (Å²) in [6, 6.07) is 13.4. The first-order chi connectivity index (χ1) is 11.2. The molecule has 5 rings (SSSR count). The Kier molecular flexibility index (Phi) is 3.47. The summed E-state index contributed by atoms with van der Waals surface area (Å²) in [5, 5.41) is 8.88. The normalized spacial score (nSPS) is 23.2. The van der Waals surface area contributed by atoms with E-state index in [2.05, 4.69) is 44.0 Å². The van der Waals surface area contributed by atoms with E-state index in [1.54, 1.807) is 6.33 Å². The van der Waals surface area contributed by atoms with Gasteiger partial charge in [0, 0.05) is 43.5 Å². The average Bonchev–Trinajstić information content (AvgIpc) is 2.60. The number of hydrogen-bond acceptors (Lipinski definition) is 5. The van der Waals surface area contributed by atoms with Crippen LogP contribution < -0.4 is 4.90 Å². The van der Waals surface area contributed by atoms with Gasteiger partial charge in [0.15, 0.2) is 0 Å². The molecule has 3 saturated heterocycles. The molecule has 23 heavy (non-hydrogen) atoms. The van der Waals surface area contributed by atoms with Gasteiger partial charge in [-0.25, -0.2) is 9.97 Å². The molecule has 3 aliphatic rings. The third kappa shape index (κ3) is 2.66. The number of nitriles is 1. The number of piperidine rings is 1. The van der Waals surface area contributed by atoms with Crippen LogP contribution in [0.4, 0.5) is 5.82 Å². The van der Waals surface area contributed by atoms with Crippen molar-refractivity contribution in [1.29, 1.82) is 5.26 Å². The van der Waals surface area contributed by atoms with E-state index in [1.165, 1.54) is 12.0 Å². The number of aromatic nitrogens is 2. The molecule has 2 bridgehead atoms. The van der Waals surface area contributed by atoms with Crippen LogP contribution in [0.5, 0.6) is 0 Å². The summed E-state index contributed by atoms with van der Waals surface area (Å²) in [4.78, 5) is 13.5. The van der Waals surface area contributed by atoms with Crippen molar-refractivity contribution < 1.29 is 0 Å². The van der Waals surface area contributed by atoms with Crippen molar-refractivity contribution in [3.63, 3.8) is 0 Å². The monoisotopic (exact) mass is 305 g/mol. The molecule has 1 aromatic heterocycles. The molecule has 2 unspecified atom stereocenters. The molecule has 1 aromatic carbocycles. The molecule has 0 spiro atoms. The van der Waals surface area contributed by atoms with Crippen molar-refractivity contribution >= 4 is 5.82 Å². The summed E-state index contributed by atoms with van der Waals surface area (Å²) in [6.45, 7) is 5.04. The van der Waals surface area contributed by atoms with Crippen LogP contribution in [-0.2, 0) is 6.54 Å². The maximum absolute atomic E-state index is 8.88. The van der Waals surface area contributed by atoms with Crippen LogP contribution in [0.3, 0.4) is 0 Å². The molecule has 4 heterocycles. The second-order valence-corrected chi connectivity index (χ2v) is 6.45. The molecular weight excluding hydrogens is 286 g/mol. The van der Waals surface area contributed by atoms with Crippen LogP contribution in [0.2, 0.25) is 0 Å². The fraction of sp³-hybridized carbons (Fsp3) is 0.389. The Morgan fingerprint density at radius 3 is 2.57 bits per heavy atom. The maximum atomic E-state index is 8.88. The van der Waals surface area contributed by atoms with Crippen molar-refractivity contribution in [2.75, 3.05) is 18.0 Å². The number of hydrogen-bond donors (Lipinski definition) is 0. The molecular formula is C18H19N5. The second kappa shape index (κ2) is 5.64. The topological polar surface area (TPSA) is 56.0 Å². The molecule has 5 nitrogen and oxygen atoms in total. The van der Waals surface area contributed by atoms with Gasteiger partial charge in [-0.3, -0.25) is 4.90 Å². The Morgan fingerprint density at radius 2 is 1.91 bits per heavy atom. The van der Waals surface area contributed by atoms with Gasteiger partial charge < -0.3 is 4.90 Å². The first-order valence-electron chi connectivity index (χ1n) is 8.01. The van der Waals surface area contributed by atoms with E-state index in [1.807, 2.05) is 19.1 Å². The van der Waals surface area contributed by atoms with E-state index in [9.17, 15) is 0 Å². The summed E-state index contributed by atoms with van der Waals surface area (Å²) in [6.07, 6.45) is 2.93. The predicted molar refractivity (Wildman–Crippen MR) is 87.9 cm³/mol. The van der Waals surface area contributed by atoms with Crippen LogP contribution in [-0.4, -0.2) is 40.0 Å². The van der Waals surface area contributed by atoms with Gasteiger partial charge in [-0.05, 0) is 31.0 Å². The van der Waals surface area contributed by atoms with Gasteiger partial charge in [0.1, 0.15) is 12.1 Å². The Morgan fingerprint density at radius 1 is 1.17 bits per heavy atom. The predicted octanol–water partition coefficient (Wildman–Crippen LogP) is 2.12. The van der Waals surface area contributed by atoms with E-state index in [0.29, 0.717) is 12.1 Å². The lowest BCUT2D eigenvalue weighted by Crippen LogP contribution is -2.68. The molecule has 0 N–H and O–H groups in total. The van der Waals surface area contributed by atoms with E-state index < -0.39 is 0 Å². The molecule has 0 amide bonds. The highest BCUT2D eigenvalue weighted by Crippen LogP contribution is 2.35. The summed E-state index contributed by atoms with van der Waals surface area (Å²) in [5.74, 6) is 1.05. The van der Waals surface area contributed by atoms with Gasteiger partial charge in [-0.15, -0.1) is 0 Å². The van der Waals surface area contributed by atoms with Crippen molar-refractivity contribution in [2.45, 2.75) is 32.0 Å². The van der Waals surface area contributed by atoms with Crippen molar-refractivity contribution in [2.24, 2.45) is 0 Å². The van der Waals surface area contributed by atoms with Crippen LogP contribution in [0.15, 0.2) is 36.7 Å². The van der Waals surface area contributed by atoms with Crippen molar-refractivity contribution in [1.82, 2.24) is 14.9 Å². The number of rotatable bonds is 3. The first kappa shape index (κ1) is 14.2. The smallest absolute Gasteiger partial charge is 0.132 e. The lowest BCUT2D eigenvalue weighted by molar-refractivity contribution is -0.00869. The van der Waals surface area contributed by atoms with E-state index >= 15 is 0 Å². The Hall–Kier alpha value is -2.45. The molecule has 3 fully saturated rings. The molecule has 3 aliphatic heterocycles. The number of anilines is 1.